The minimum absolute atomic E-state index is 0.689. The van der Waals surface area contributed by atoms with Crippen LogP contribution < -0.4 is 0 Å². The number of aromatic nitrogens is 2. The van der Waals surface area contributed by atoms with Gasteiger partial charge in [0, 0.05) is 33.0 Å². The first kappa shape index (κ1) is 31.2. The number of fused-ring (bicyclic) bond motifs is 7. The van der Waals surface area contributed by atoms with Gasteiger partial charge in [-0.15, -0.1) is 0 Å². The lowest BCUT2D eigenvalue weighted by Gasteiger charge is -2.15. The van der Waals surface area contributed by atoms with E-state index in [1.807, 2.05) is 30.3 Å². The molecule has 0 unspecified atom stereocenters. The number of nitrogens with zero attached hydrogens (tertiary/aromatic N) is 2. The molecule has 0 amide bonds. The second-order valence-electron chi connectivity index (χ2n) is 14.1. The summed E-state index contributed by atoms with van der Waals surface area (Å²) in [4.78, 5) is 10.3. The Bertz CT molecular complexity index is 3250. The quantitative estimate of drug-likeness (QED) is 0.133. The van der Waals surface area contributed by atoms with Crippen molar-refractivity contribution < 1.29 is 4.42 Å². The number of furan rings is 1. The first-order valence-electron chi connectivity index (χ1n) is 18.6. The van der Waals surface area contributed by atoms with E-state index in [-0.39, 0.29) is 0 Å². The van der Waals surface area contributed by atoms with Gasteiger partial charge in [-0.05, 0) is 73.3 Å². The first-order chi connectivity index (χ1) is 27.2. The molecule has 3 nitrogen and oxygen atoms in total. The SMILES string of the molecule is c1ccc(-c2nc(-c3ccc(-c4c5ccccc5cc5c4ccc4ccccc45)cc3)cc(-c3cccc(-c4cccc5c4oc4ccccc45)c3)n2)cc1. The van der Waals surface area contributed by atoms with Crippen LogP contribution in [0.5, 0.6) is 0 Å². The van der Waals surface area contributed by atoms with Gasteiger partial charge in [0.25, 0.3) is 0 Å². The highest BCUT2D eigenvalue weighted by Gasteiger charge is 2.16. The van der Waals surface area contributed by atoms with Gasteiger partial charge in [-0.1, -0.05) is 170 Å². The summed E-state index contributed by atoms with van der Waals surface area (Å²) in [6.45, 7) is 0. The maximum atomic E-state index is 6.42. The van der Waals surface area contributed by atoms with Crippen molar-refractivity contribution in [3.05, 3.63) is 194 Å². The Balaban J connectivity index is 1.04. The van der Waals surface area contributed by atoms with Crippen LogP contribution in [0.1, 0.15) is 0 Å². The van der Waals surface area contributed by atoms with E-state index in [0.717, 1.165) is 61.1 Å². The van der Waals surface area contributed by atoms with E-state index < -0.39 is 0 Å². The van der Waals surface area contributed by atoms with Crippen molar-refractivity contribution >= 4 is 54.3 Å². The third-order valence-corrected chi connectivity index (χ3v) is 10.9. The molecule has 0 N–H and O–H groups in total. The Morgan fingerprint density at radius 1 is 0.327 bits per heavy atom. The van der Waals surface area contributed by atoms with Crippen molar-refractivity contribution in [3.8, 4) is 56.2 Å². The summed E-state index contributed by atoms with van der Waals surface area (Å²) in [5, 5.41) is 9.74. The van der Waals surface area contributed by atoms with E-state index >= 15 is 0 Å². The van der Waals surface area contributed by atoms with Crippen molar-refractivity contribution in [1.29, 1.82) is 0 Å². The van der Waals surface area contributed by atoms with Gasteiger partial charge in [-0.2, -0.15) is 0 Å². The van der Waals surface area contributed by atoms with Gasteiger partial charge in [-0.25, -0.2) is 9.97 Å². The van der Waals surface area contributed by atoms with Crippen molar-refractivity contribution in [3.63, 3.8) is 0 Å². The van der Waals surface area contributed by atoms with Crippen LogP contribution in [0.4, 0.5) is 0 Å². The Hall–Kier alpha value is -7.36. The summed E-state index contributed by atoms with van der Waals surface area (Å²) in [5.74, 6) is 0.689. The minimum atomic E-state index is 0.689. The van der Waals surface area contributed by atoms with Gasteiger partial charge < -0.3 is 4.42 Å². The van der Waals surface area contributed by atoms with Crippen LogP contribution in [0.3, 0.4) is 0 Å². The van der Waals surface area contributed by atoms with E-state index in [0.29, 0.717) is 5.82 Å². The minimum Gasteiger partial charge on any atom is -0.455 e. The van der Waals surface area contributed by atoms with Crippen LogP contribution in [0.15, 0.2) is 199 Å². The molecular weight excluding hydrogens is 669 g/mol. The Labute approximate surface area is 317 Å². The highest BCUT2D eigenvalue weighted by molar-refractivity contribution is 6.20. The molecule has 11 rings (SSSR count). The molecule has 0 atom stereocenters. The maximum Gasteiger partial charge on any atom is 0.160 e. The van der Waals surface area contributed by atoms with Gasteiger partial charge in [0.05, 0.1) is 11.4 Å². The molecule has 0 radical (unpaired) electrons. The summed E-state index contributed by atoms with van der Waals surface area (Å²) in [7, 11) is 0. The molecule has 0 fully saturated rings. The van der Waals surface area contributed by atoms with Crippen LogP contribution in [-0.4, -0.2) is 9.97 Å². The molecule has 0 saturated heterocycles. The van der Waals surface area contributed by atoms with E-state index in [4.69, 9.17) is 14.4 Å². The predicted octanol–water partition coefficient (Wildman–Crippen LogP) is 14.2. The van der Waals surface area contributed by atoms with Gasteiger partial charge in [-0.3, -0.25) is 0 Å². The van der Waals surface area contributed by atoms with Crippen molar-refractivity contribution in [2.45, 2.75) is 0 Å². The topological polar surface area (TPSA) is 38.9 Å². The van der Waals surface area contributed by atoms with Gasteiger partial charge >= 0.3 is 0 Å². The Morgan fingerprint density at radius 2 is 0.964 bits per heavy atom. The Morgan fingerprint density at radius 3 is 1.82 bits per heavy atom. The van der Waals surface area contributed by atoms with Crippen molar-refractivity contribution in [1.82, 2.24) is 9.97 Å². The van der Waals surface area contributed by atoms with Crippen molar-refractivity contribution in [2.75, 3.05) is 0 Å². The first-order valence-corrected chi connectivity index (χ1v) is 18.6. The average Bonchev–Trinajstić information content (AvgIpc) is 3.65. The molecule has 0 aliphatic heterocycles. The fourth-order valence-corrected chi connectivity index (χ4v) is 8.22. The van der Waals surface area contributed by atoms with Crippen molar-refractivity contribution in [2.24, 2.45) is 0 Å². The lowest BCUT2D eigenvalue weighted by Crippen LogP contribution is -1.96. The van der Waals surface area contributed by atoms with Crippen LogP contribution in [0.2, 0.25) is 0 Å². The summed E-state index contributed by atoms with van der Waals surface area (Å²) in [6.07, 6.45) is 0. The standard InChI is InChI=1S/C52H32N2O/c1-2-13-36(14-3-1)52-53-47(32-48(54-52)39-17-10-16-37(30-39)42-21-11-22-45-43-20-8-9-23-49(43)55-51(42)45)34-24-26-35(27-25-34)50-41-19-7-5-15-38(41)31-46-40-18-6-4-12-33(40)28-29-44(46)50/h1-32H. The molecular formula is C52H32N2O. The molecule has 0 aliphatic carbocycles. The number of hydrogen-bond donors (Lipinski definition) is 0. The third kappa shape index (κ3) is 5.28. The third-order valence-electron chi connectivity index (χ3n) is 10.9. The zero-order valence-electron chi connectivity index (χ0n) is 29.8. The Kier molecular flexibility index (Phi) is 7.17. The van der Waals surface area contributed by atoms with E-state index in [1.165, 1.54) is 43.4 Å². The normalized spacial score (nSPS) is 11.6. The number of para-hydroxylation sites is 2. The highest BCUT2D eigenvalue weighted by Crippen LogP contribution is 2.41. The second kappa shape index (κ2) is 12.6. The van der Waals surface area contributed by atoms with Gasteiger partial charge in [0.1, 0.15) is 11.2 Å². The molecule has 0 aliphatic rings. The lowest BCUT2D eigenvalue weighted by molar-refractivity contribution is 0.670. The molecule has 3 heteroatoms. The van der Waals surface area contributed by atoms with Crippen LogP contribution in [-0.2, 0) is 0 Å². The zero-order chi connectivity index (χ0) is 36.3. The van der Waals surface area contributed by atoms with E-state index in [9.17, 15) is 0 Å². The lowest BCUT2D eigenvalue weighted by atomic mass is 9.89. The van der Waals surface area contributed by atoms with Crippen LogP contribution in [0.25, 0.3) is 110 Å². The molecule has 9 aromatic carbocycles. The fraction of sp³-hybridized carbons (Fsp3) is 0. The molecule has 0 bridgehead atoms. The monoisotopic (exact) mass is 700 g/mol. The van der Waals surface area contributed by atoms with Gasteiger partial charge in [0.15, 0.2) is 5.82 Å². The zero-order valence-corrected chi connectivity index (χ0v) is 29.8. The summed E-state index contributed by atoms with van der Waals surface area (Å²) < 4.78 is 6.42. The molecule has 11 aromatic rings. The molecule has 0 spiro atoms. The number of benzene rings is 9. The maximum absolute atomic E-state index is 6.42. The summed E-state index contributed by atoms with van der Waals surface area (Å²) in [6, 6.07) is 68.6. The van der Waals surface area contributed by atoms with E-state index in [2.05, 4.69) is 164 Å². The summed E-state index contributed by atoms with van der Waals surface area (Å²) >= 11 is 0. The number of rotatable bonds is 5. The highest BCUT2D eigenvalue weighted by atomic mass is 16.3. The molecule has 55 heavy (non-hydrogen) atoms. The molecule has 0 saturated carbocycles. The number of hydrogen-bond acceptors (Lipinski definition) is 3. The predicted molar refractivity (Wildman–Crippen MR) is 229 cm³/mol. The van der Waals surface area contributed by atoms with E-state index in [1.54, 1.807) is 0 Å². The average molecular weight is 701 g/mol. The van der Waals surface area contributed by atoms with Gasteiger partial charge in [0.2, 0.25) is 0 Å². The van der Waals surface area contributed by atoms with Crippen LogP contribution in [0, 0.1) is 0 Å². The fourth-order valence-electron chi connectivity index (χ4n) is 8.22. The molecule has 256 valence electrons. The molecule has 2 aromatic heterocycles. The molecule has 2 heterocycles. The largest absolute Gasteiger partial charge is 0.455 e. The smallest absolute Gasteiger partial charge is 0.160 e. The van der Waals surface area contributed by atoms with Crippen LogP contribution >= 0.6 is 0 Å². The summed E-state index contributed by atoms with van der Waals surface area (Å²) in [5.41, 5.74) is 11.1. The second-order valence-corrected chi connectivity index (χ2v) is 14.1.